The zero-order valence-electron chi connectivity index (χ0n) is 8.56. The second kappa shape index (κ2) is 4.87. The van der Waals surface area contributed by atoms with Crippen molar-refractivity contribution in [2.75, 3.05) is 0 Å². The van der Waals surface area contributed by atoms with Gasteiger partial charge in [0.15, 0.2) is 0 Å². The predicted octanol–water partition coefficient (Wildman–Crippen LogP) is 1.56. The molecule has 16 heavy (non-hydrogen) atoms. The van der Waals surface area contributed by atoms with Crippen LogP contribution in [0.2, 0.25) is 0 Å². The van der Waals surface area contributed by atoms with Crippen LogP contribution in [0.4, 0.5) is 4.39 Å². The predicted molar refractivity (Wildman–Crippen MR) is 56.7 cm³/mol. The van der Waals surface area contributed by atoms with E-state index in [2.05, 4.69) is 10.4 Å². The number of nitrogens with two attached hydrogens (primary N) is 1. The molecule has 5 heteroatoms. The lowest BCUT2D eigenvalue weighted by Gasteiger charge is -2.14. The highest BCUT2D eigenvalue weighted by Gasteiger charge is 2.12. The van der Waals surface area contributed by atoms with Crippen molar-refractivity contribution in [1.29, 1.82) is 0 Å². The molecule has 2 aromatic rings. The van der Waals surface area contributed by atoms with Gasteiger partial charge in [0.25, 0.3) is 0 Å². The molecule has 4 nitrogen and oxygen atoms in total. The van der Waals surface area contributed by atoms with Crippen LogP contribution in [0.1, 0.15) is 17.2 Å². The Labute approximate surface area is 92.3 Å². The molecular formula is C11H12FN3O. The van der Waals surface area contributed by atoms with E-state index in [4.69, 9.17) is 10.3 Å². The second-order valence-electron chi connectivity index (χ2n) is 3.49. The Morgan fingerprint density at radius 1 is 1.50 bits per heavy atom. The number of hydrazine groups is 1. The van der Waals surface area contributed by atoms with E-state index < -0.39 is 0 Å². The van der Waals surface area contributed by atoms with E-state index in [1.54, 1.807) is 18.7 Å². The molecule has 2 rings (SSSR count). The molecule has 0 saturated carbocycles. The van der Waals surface area contributed by atoms with Crippen LogP contribution in [-0.2, 0) is 6.42 Å². The minimum absolute atomic E-state index is 0.180. The molecule has 84 valence electrons. The Bertz CT molecular complexity index is 444. The zero-order chi connectivity index (χ0) is 11.4. The number of nitrogens with one attached hydrogen (secondary N) is 1. The maximum Gasteiger partial charge on any atom is 0.141 e. The molecule has 0 saturated heterocycles. The van der Waals surface area contributed by atoms with E-state index in [0.717, 1.165) is 11.8 Å². The van der Waals surface area contributed by atoms with Crippen LogP contribution < -0.4 is 11.3 Å². The molecule has 2 aromatic heterocycles. The normalized spacial score (nSPS) is 12.6. The van der Waals surface area contributed by atoms with Crippen LogP contribution in [-0.4, -0.2) is 4.98 Å². The molecule has 0 aromatic carbocycles. The number of aromatic nitrogens is 1. The van der Waals surface area contributed by atoms with Crippen LogP contribution in [0.15, 0.2) is 41.5 Å². The number of furan rings is 1. The van der Waals surface area contributed by atoms with Crippen LogP contribution in [0, 0.1) is 5.82 Å². The Kier molecular flexibility index (Phi) is 3.28. The van der Waals surface area contributed by atoms with Crippen molar-refractivity contribution < 1.29 is 8.81 Å². The molecule has 3 N–H and O–H groups in total. The quantitative estimate of drug-likeness (QED) is 0.607. The van der Waals surface area contributed by atoms with E-state index in [0.29, 0.717) is 12.0 Å². The van der Waals surface area contributed by atoms with Gasteiger partial charge in [-0.1, -0.05) is 0 Å². The van der Waals surface area contributed by atoms with Crippen LogP contribution in [0.5, 0.6) is 0 Å². The first-order valence-electron chi connectivity index (χ1n) is 4.87. The first kappa shape index (κ1) is 10.8. The monoisotopic (exact) mass is 221 g/mol. The number of pyridine rings is 1. The summed E-state index contributed by atoms with van der Waals surface area (Å²) in [7, 11) is 0. The van der Waals surface area contributed by atoms with Crippen molar-refractivity contribution in [2.24, 2.45) is 5.84 Å². The minimum atomic E-state index is -0.370. The molecule has 1 unspecified atom stereocenters. The number of hydrogen-bond donors (Lipinski definition) is 2. The summed E-state index contributed by atoms with van der Waals surface area (Å²) in [5.74, 6) is 5.07. The van der Waals surface area contributed by atoms with E-state index >= 15 is 0 Å². The van der Waals surface area contributed by atoms with Gasteiger partial charge in [0, 0.05) is 6.20 Å². The van der Waals surface area contributed by atoms with Crippen molar-refractivity contribution in [2.45, 2.75) is 12.5 Å². The van der Waals surface area contributed by atoms with Crippen molar-refractivity contribution in [3.8, 4) is 0 Å². The lowest BCUT2D eigenvalue weighted by atomic mass is 10.0. The van der Waals surface area contributed by atoms with Gasteiger partial charge in [-0.25, -0.2) is 4.39 Å². The molecule has 0 aliphatic rings. The van der Waals surface area contributed by atoms with E-state index in [-0.39, 0.29) is 11.9 Å². The maximum absolute atomic E-state index is 13.0. The maximum atomic E-state index is 13.0. The van der Waals surface area contributed by atoms with Crippen molar-refractivity contribution in [3.05, 3.63) is 54.0 Å². The molecule has 1 atom stereocenters. The first-order chi connectivity index (χ1) is 7.79. The zero-order valence-corrected chi connectivity index (χ0v) is 8.56. The molecule has 0 spiro atoms. The number of nitrogens with zero attached hydrogens (tertiary/aromatic N) is 1. The number of halogens is 1. The molecular weight excluding hydrogens is 209 g/mol. The molecule has 0 radical (unpaired) electrons. The summed E-state index contributed by atoms with van der Waals surface area (Å²) in [6, 6.07) is 3.08. The van der Waals surface area contributed by atoms with Gasteiger partial charge in [0.1, 0.15) is 5.82 Å². The Hall–Kier alpha value is -1.72. The molecule has 0 aliphatic carbocycles. The molecule has 0 amide bonds. The number of rotatable bonds is 4. The van der Waals surface area contributed by atoms with Gasteiger partial charge in [-0.3, -0.25) is 16.3 Å². The standard InChI is InChI=1S/C11H12FN3O/c12-10-4-9(5-14-6-10)11(15-13)3-8-1-2-16-7-8/h1-2,4-7,11,15H,3,13H2. The Morgan fingerprint density at radius 3 is 3.00 bits per heavy atom. The van der Waals surface area contributed by atoms with Gasteiger partial charge in [0.05, 0.1) is 24.8 Å². The van der Waals surface area contributed by atoms with Crippen LogP contribution >= 0.6 is 0 Å². The Morgan fingerprint density at radius 2 is 2.38 bits per heavy atom. The third kappa shape index (κ3) is 2.44. The third-order valence-corrected chi connectivity index (χ3v) is 2.35. The smallest absolute Gasteiger partial charge is 0.141 e. The average Bonchev–Trinajstić information content (AvgIpc) is 2.78. The first-order valence-corrected chi connectivity index (χ1v) is 4.87. The summed E-state index contributed by atoms with van der Waals surface area (Å²) >= 11 is 0. The molecule has 0 bridgehead atoms. The lowest BCUT2D eigenvalue weighted by Crippen LogP contribution is -2.29. The van der Waals surface area contributed by atoms with Crippen molar-refractivity contribution in [1.82, 2.24) is 10.4 Å². The van der Waals surface area contributed by atoms with Crippen LogP contribution in [0.25, 0.3) is 0 Å². The third-order valence-electron chi connectivity index (χ3n) is 2.35. The summed E-state index contributed by atoms with van der Waals surface area (Å²) in [4.78, 5) is 3.79. The highest BCUT2D eigenvalue weighted by atomic mass is 19.1. The lowest BCUT2D eigenvalue weighted by molar-refractivity contribution is 0.529. The average molecular weight is 221 g/mol. The van der Waals surface area contributed by atoms with Gasteiger partial charge < -0.3 is 4.42 Å². The topological polar surface area (TPSA) is 64.1 Å². The minimum Gasteiger partial charge on any atom is -0.472 e. The van der Waals surface area contributed by atoms with Gasteiger partial charge in [-0.05, 0) is 29.7 Å². The van der Waals surface area contributed by atoms with Crippen LogP contribution in [0.3, 0.4) is 0 Å². The van der Waals surface area contributed by atoms with E-state index in [1.165, 1.54) is 6.07 Å². The summed E-state index contributed by atoms with van der Waals surface area (Å²) < 4.78 is 18.0. The van der Waals surface area contributed by atoms with E-state index in [1.807, 2.05) is 6.07 Å². The SMILES string of the molecule is NNC(Cc1ccoc1)c1cncc(F)c1. The number of hydrogen-bond acceptors (Lipinski definition) is 4. The fraction of sp³-hybridized carbons (Fsp3) is 0.182. The van der Waals surface area contributed by atoms with Gasteiger partial charge in [-0.15, -0.1) is 0 Å². The van der Waals surface area contributed by atoms with E-state index in [9.17, 15) is 4.39 Å². The van der Waals surface area contributed by atoms with Gasteiger partial charge in [0.2, 0.25) is 0 Å². The summed E-state index contributed by atoms with van der Waals surface area (Å²) in [5.41, 5.74) is 4.34. The Balaban J connectivity index is 2.16. The summed E-state index contributed by atoms with van der Waals surface area (Å²) in [6.07, 6.45) is 6.60. The highest BCUT2D eigenvalue weighted by molar-refractivity contribution is 5.19. The van der Waals surface area contributed by atoms with Crippen molar-refractivity contribution in [3.63, 3.8) is 0 Å². The fourth-order valence-electron chi connectivity index (χ4n) is 1.54. The van der Waals surface area contributed by atoms with Crippen molar-refractivity contribution >= 4 is 0 Å². The fourth-order valence-corrected chi connectivity index (χ4v) is 1.54. The summed E-state index contributed by atoms with van der Waals surface area (Å²) in [6.45, 7) is 0. The molecule has 2 heterocycles. The van der Waals surface area contributed by atoms with Gasteiger partial charge in [-0.2, -0.15) is 0 Å². The second-order valence-corrected chi connectivity index (χ2v) is 3.49. The summed E-state index contributed by atoms with van der Waals surface area (Å²) in [5, 5.41) is 0. The highest BCUT2D eigenvalue weighted by Crippen LogP contribution is 2.17. The van der Waals surface area contributed by atoms with Gasteiger partial charge >= 0.3 is 0 Å². The molecule has 0 fully saturated rings. The molecule has 0 aliphatic heterocycles. The largest absolute Gasteiger partial charge is 0.472 e.